The van der Waals surface area contributed by atoms with Crippen molar-refractivity contribution in [2.75, 3.05) is 0 Å². The molecule has 0 fully saturated rings. The van der Waals surface area contributed by atoms with Crippen molar-refractivity contribution in [3.8, 4) is 0 Å². The summed E-state index contributed by atoms with van der Waals surface area (Å²) >= 11 is 3.31. The van der Waals surface area contributed by atoms with E-state index in [4.69, 9.17) is 5.11 Å². The molecule has 66 valence electrons. The molecule has 0 amide bonds. The molecule has 0 spiro atoms. The summed E-state index contributed by atoms with van der Waals surface area (Å²) in [6.45, 7) is 3.57. The fourth-order valence-corrected chi connectivity index (χ4v) is 1.24. The van der Waals surface area contributed by atoms with Crippen LogP contribution in [0.4, 0.5) is 0 Å². The summed E-state index contributed by atoms with van der Waals surface area (Å²) in [5.41, 5.74) is 1.66. The Morgan fingerprint density at radius 3 is 2.58 bits per heavy atom. The summed E-state index contributed by atoms with van der Waals surface area (Å²) in [4.78, 5) is 10.4. The predicted octanol–water partition coefficient (Wildman–Crippen LogP) is 1.35. The lowest BCUT2D eigenvalue weighted by Gasteiger charge is -1.98. The largest absolute Gasteiger partial charge is 0.480 e. The molecular formula is C7H9BrN2O2. The highest BCUT2D eigenvalue weighted by molar-refractivity contribution is 9.10. The Kier molecular flexibility index (Phi) is 2.52. The van der Waals surface area contributed by atoms with Gasteiger partial charge in [0.25, 0.3) is 0 Å². The second kappa shape index (κ2) is 3.26. The Balaban J connectivity index is 3.01. The van der Waals surface area contributed by atoms with Crippen LogP contribution in [0.2, 0.25) is 0 Å². The van der Waals surface area contributed by atoms with Crippen molar-refractivity contribution in [2.24, 2.45) is 0 Å². The fourth-order valence-electron chi connectivity index (χ4n) is 0.957. The SMILES string of the molecule is Cc1nn(CC(=O)O)c(C)c1Br. The number of aromatic nitrogens is 2. The molecule has 0 aliphatic heterocycles. The minimum atomic E-state index is -0.881. The molecule has 1 aromatic heterocycles. The van der Waals surface area contributed by atoms with Crippen LogP contribution in [0.1, 0.15) is 11.4 Å². The highest BCUT2D eigenvalue weighted by Crippen LogP contribution is 2.19. The number of rotatable bonds is 2. The number of aryl methyl sites for hydroxylation is 1. The van der Waals surface area contributed by atoms with Crippen molar-refractivity contribution < 1.29 is 9.90 Å². The van der Waals surface area contributed by atoms with Gasteiger partial charge in [-0.05, 0) is 29.8 Å². The molecule has 1 N–H and O–H groups in total. The van der Waals surface area contributed by atoms with E-state index in [1.54, 1.807) is 0 Å². The number of hydrogen-bond acceptors (Lipinski definition) is 2. The van der Waals surface area contributed by atoms with Gasteiger partial charge in [0.2, 0.25) is 0 Å². The first-order valence-electron chi connectivity index (χ1n) is 3.43. The Morgan fingerprint density at radius 1 is 1.67 bits per heavy atom. The van der Waals surface area contributed by atoms with E-state index in [0.717, 1.165) is 15.9 Å². The molecule has 0 aromatic carbocycles. The summed E-state index contributed by atoms with van der Waals surface area (Å²) in [5, 5.41) is 12.6. The lowest BCUT2D eigenvalue weighted by atomic mass is 10.4. The second-order valence-corrected chi connectivity index (χ2v) is 3.33. The molecule has 0 bridgehead atoms. The molecule has 1 rings (SSSR count). The standard InChI is InChI=1S/C7H9BrN2O2/c1-4-7(8)5(2)10(9-4)3-6(11)12/h3H2,1-2H3,(H,11,12). The molecule has 5 heteroatoms. The predicted molar refractivity (Wildman–Crippen MR) is 47.0 cm³/mol. The molecule has 1 aromatic rings. The molecule has 0 saturated heterocycles. The average Bonchev–Trinajstić information content (AvgIpc) is 2.17. The minimum absolute atomic E-state index is 0.0850. The second-order valence-electron chi connectivity index (χ2n) is 2.54. The maximum Gasteiger partial charge on any atom is 0.325 e. The van der Waals surface area contributed by atoms with E-state index in [2.05, 4.69) is 21.0 Å². The van der Waals surface area contributed by atoms with Gasteiger partial charge in [-0.2, -0.15) is 5.10 Å². The van der Waals surface area contributed by atoms with Crippen LogP contribution >= 0.6 is 15.9 Å². The quantitative estimate of drug-likeness (QED) is 0.838. The van der Waals surface area contributed by atoms with Gasteiger partial charge >= 0.3 is 5.97 Å². The third kappa shape index (κ3) is 1.66. The van der Waals surface area contributed by atoms with Gasteiger partial charge in [-0.25, -0.2) is 0 Å². The molecule has 0 unspecified atom stereocenters. The Morgan fingerprint density at radius 2 is 2.25 bits per heavy atom. The molecule has 0 radical (unpaired) electrons. The third-order valence-electron chi connectivity index (χ3n) is 1.58. The zero-order chi connectivity index (χ0) is 9.30. The average molecular weight is 233 g/mol. The first-order valence-corrected chi connectivity index (χ1v) is 4.23. The zero-order valence-electron chi connectivity index (χ0n) is 6.83. The van der Waals surface area contributed by atoms with Crippen molar-refractivity contribution in [3.05, 3.63) is 15.9 Å². The van der Waals surface area contributed by atoms with Crippen LogP contribution in [0.3, 0.4) is 0 Å². The number of carbonyl (C=O) groups is 1. The zero-order valence-corrected chi connectivity index (χ0v) is 8.42. The molecule has 12 heavy (non-hydrogen) atoms. The molecular weight excluding hydrogens is 224 g/mol. The molecule has 0 saturated carbocycles. The van der Waals surface area contributed by atoms with Crippen LogP contribution in [-0.4, -0.2) is 20.9 Å². The van der Waals surface area contributed by atoms with Crippen LogP contribution in [-0.2, 0) is 11.3 Å². The van der Waals surface area contributed by atoms with Gasteiger partial charge in [-0.15, -0.1) is 0 Å². The fraction of sp³-hybridized carbons (Fsp3) is 0.429. The summed E-state index contributed by atoms with van der Waals surface area (Å²) in [7, 11) is 0. The lowest BCUT2D eigenvalue weighted by molar-refractivity contribution is -0.137. The highest BCUT2D eigenvalue weighted by atomic mass is 79.9. The molecule has 0 aliphatic rings. The van der Waals surface area contributed by atoms with Gasteiger partial charge in [-0.1, -0.05) is 0 Å². The Bertz CT molecular complexity index is 319. The Labute approximate surface area is 78.3 Å². The molecule has 0 atom stereocenters. The van der Waals surface area contributed by atoms with E-state index < -0.39 is 5.97 Å². The maximum absolute atomic E-state index is 10.4. The van der Waals surface area contributed by atoms with E-state index in [9.17, 15) is 4.79 Å². The number of nitrogens with zero attached hydrogens (tertiary/aromatic N) is 2. The van der Waals surface area contributed by atoms with Crippen molar-refractivity contribution in [1.82, 2.24) is 9.78 Å². The van der Waals surface area contributed by atoms with Crippen molar-refractivity contribution >= 4 is 21.9 Å². The van der Waals surface area contributed by atoms with E-state index >= 15 is 0 Å². The number of aliphatic carboxylic acids is 1. The number of carboxylic acid groups (broad SMARTS) is 1. The maximum atomic E-state index is 10.4. The molecule has 4 nitrogen and oxygen atoms in total. The summed E-state index contributed by atoms with van der Waals surface area (Å²) in [6.07, 6.45) is 0. The summed E-state index contributed by atoms with van der Waals surface area (Å²) in [6, 6.07) is 0. The number of carboxylic acids is 1. The van der Waals surface area contributed by atoms with Gasteiger partial charge in [0.1, 0.15) is 6.54 Å². The third-order valence-corrected chi connectivity index (χ3v) is 2.73. The molecule has 0 aliphatic carbocycles. The first kappa shape index (κ1) is 9.25. The van der Waals surface area contributed by atoms with Gasteiger partial charge in [0.05, 0.1) is 15.9 Å². The van der Waals surface area contributed by atoms with Crippen molar-refractivity contribution in [2.45, 2.75) is 20.4 Å². The highest BCUT2D eigenvalue weighted by Gasteiger charge is 2.10. The van der Waals surface area contributed by atoms with Crippen LogP contribution < -0.4 is 0 Å². The van der Waals surface area contributed by atoms with Gasteiger partial charge < -0.3 is 5.11 Å². The monoisotopic (exact) mass is 232 g/mol. The summed E-state index contributed by atoms with van der Waals surface area (Å²) < 4.78 is 2.34. The van der Waals surface area contributed by atoms with Crippen molar-refractivity contribution in [3.63, 3.8) is 0 Å². The lowest BCUT2D eigenvalue weighted by Crippen LogP contribution is -2.11. The first-order chi connectivity index (χ1) is 5.52. The van der Waals surface area contributed by atoms with Crippen molar-refractivity contribution in [1.29, 1.82) is 0 Å². The van der Waals surface area contributed by atoms with Crippen LogP contribution in [0, 0.1) is 13.8 Å². The Hall–Kier alpha value is -0.840. The topological polar surface area (TPSA) is 55.1 Å². The smallest absolute Gasteiger partial charge is 0.325 e. The van der Waals surface area contributed by atoms with Crippen LogP contribution in [0.15, 0.2) is 4.47 Å². The van der Waals surface area contributed by atoms with E-state index in [1.807, 2.05) is 13.8 Å². The van der Waals surface area contributed by atoms with Gasteiger partial charge in [0, 0.05) is 0 Å². The number of hydrogen-bond donors (Lipinski definition) is 1. The minimum Gasteiger partial charge on any atom is -0.480 e. The van der Waals surface area contributed by atoms with Crippen LogP contribution in [0.25, 0.3) is 0 Å². The summed E-state index contributed by atoms with van der Waals surface area (Å²) in [5.74, 6) is -0.881. The van der Waals surface area contributed by atoms with E-state index in [-0.39, 0.29) is 6.54 Å². The van der Waals surface area contributed by atoms with Gasteiger partial charge in [-0.3, -0.25) is 9.48 Å². The van der Waals surface area contributed by atoms with Gasteiger partial charge in [0.15, 0.2) is 0 Å². The number of halogens is 1. The molecule has 1 heterocycles. The van der Waals surface area contributed by atoms with Crippen LogP contribution in [0.5, 0.6) is 0 Å². The van der Waals surface area contributed by atoms with E-state index in [1.165, 1.54) is 4.68 Å². The normalized spacial score (nSPS) is 10.2. The van der Waals surface area contributed by atoms with E-state index in [0.29, 0.717) is 0 Å².